The van der Waals surface area contributed by atoms with Crippen LogP contribution in [-0.2, 0) is 11.3 Å². The number of para-hydroxylation sites is 2. The van der Waals surface area contributed by atoms with Crippen molar-refractivity contribution in [3.8, 4) is 11.5 Å². The van der Waals surface area contributed by atoms with Gasteiger partial charge in [0.1, 0.15) is 17.8 Å². The summed E-state index contributed by atoms with van der Waals surface area (Å²) in [6, 6.07) is 14.5. The number of anilines is 2. The minimum Gasteiger partial charge on any atom is -0.495 e. The molecule has 0 atom stereocenters. The Labute approximate surface area is 173 Å². The smallest absolute Gasteiger partial charge is 0.142 e. The van der Waals surface area contributed by atoms with Crippen LogP contribution in [0.25, 0.3) is 0 Å². The first-order valence-corrected chi connectivity index (χ1v) is 10.2. The number of unbranched alkanes of at least 4 members (excludes halogenated alkanes) is 1. The summed E-state index contributed by atoms with van der Waals surface area (Å²) < 4.78 is 11.1. The third-order valence-electron chi connectivity index (χ3n) is 5.28. The molecule has 1 saturated heterocycles. The van der Waals surface area contributed by atoms with Crippen molar-refractivity contribution in [2.75, 3.05) is 57.2 Å². The van der Waals surface area contributed by atoms with E-state index in [-0.39, 0.29) is 0 Å². The van der Waals surface area contributed by atoms with E-state index in [0.29, 0.717) is 6.42 Å². The van der Waals surface area contributed by atoms with Gasteiger partial charge in [-0.25, -0.2) is 0 Å². The Hall–Kier alpha value is -2.73. The van der Waals surface area contributed by atoms with Gasteiger partial charge in [0.25, 0.3) is 0 Å². The van der Waals surface area contributed by atoms with Crippen LogP contribution in [0.5, 0.6) is 11.5 Å². The molecular formula is C23H31N3O3. The molecule has 0 aliphatic carbocycles. The van der Waals surface area contributed by atoms with Crippen LogP contribution < -0.4 is 19.7 Å². The lowest BCUT2D eigenvalue weighted by molar-refractivity contribution is -0.107. The maximum absolute atomic E-state index is 10.4. The number of benzene rings is 2. The summed E-state index contributed by atoms with van der Waals surface area (Å²) in [7, 11) is 3.42. The van der Waals surface area contributed by atoms with Crippen LogP contribution in [-0.4, -0.2) is 58.1 Å². The summed E-state index contributed by atoms with van der Waals surface area (Å²) in [5, 5.41) is 3.35. The van der Waals surface area contributed by atoms with Crippen LogP contribution in [0.1, 0.15) is 18.4 Å². The SMILES string of the molecule is COc1cc(CN2CCN(c3ccccc3OC)CC2)ccc1NCCCC=O. The Balaban J connectivity index is 1.55. The van der Waals surface area contributed by atoms with Crippen LogP contribution in [0.2, 0.25) is 0 Å². The van der Waals surface area contributed by atoms with E-state index in [9.17, 15) is 4.79 Å². The lowest BCUT2D eigenvalue weighted by atomic mass is 10.1. The lowest BCUT2D eigenvalue weighted by Crippen LogP contribution is -2.46. The van der Waals surface area contributed by atoms with Gasteiger partial charge in [0.2, 0.25) is 0 Å². The normalized spacial score (nSPS) is 14.5. The van der Waals surface area contributed by atoms with Crippen molar-refractivity contribution < 1.29 is 14.3 Å². The number of nitrogens with zero attached hydrogens (tertiary/aromatic N) is 2. The zero-order valence-corrected chi connectivity index (χ0v) is 17.4. The fourth-order valence-corrected chi connectivity index (χ4v) is 3.68. The summed E-state index contributed by atoms with van der Waals surface area (Å²) in [4.78, 5) is 15.3. The predicted molar refractivity (Wildman–Crippen MR) is 117 cm³/mol. The Morgan fingerprint density at radius 3 is 2.48 bits per heavy atom. The molecule has 0 amide bonds. The monoisotopic (exact) mass is 397 g/mol. The van der Waals surface area contributed by atoms with E-state index >= 15 is 0 Å². The van der Waals surface area contributed by atoms with Crippen LogP contribution >= 0.6 is 0 Å². The molecule has 6 heteroatoms. The van der Waals surface area contributed by atoms with Crippen LogP contribution in [0.3, 0.4) is 0 Å². The Kier molecular flexibility index (Phi) is 7.76. The third-order valence-corrected chi connectivity index (χ3v) is 5.28. The average Bonchev–Trinajstić information content (AvgIpc) is 2.78. The van der Waals surface area contributed by atoms with Gasteiger partial charge < -0.3 is 24.5 Å². The molecule has 0 saturated carbocycles. The Morgan fingerprint density at radius 2 is 1.76 bits per heavy atom. The molecule has 0 unspecified atom stereocenters. The van der Waals surface area contributed by atoms with Gasteiger partial charge in [-0.15, -0.1) is 0 Å². The number of aldehydes is 1. The molecule has 156 valence electrons. The predicted octanol–water partition coefficient (Wildman–Crippen LogP) is 3.42. The van der Waals surface area contributed by atoms with E-state index in [1.54, 1.807) is 14.2 Å². The molecule has 1 aliphatic heterocycles. The summed E-state index contributed by atoms with van der Waals surface area (Å²) in [6.45, 7) is 5.64. The van der Waals surface area contributed by atoms with Gasteiger partial charge in [0.05, 0.1) is 25.6 Å². The van der Waals surface area contributed by atoms with Gasteiger partial charge >= 0.3 is 0 Å². The number of carbonyl (C=O) groups is 1. The van der Waals surface area contributed by atoms with E-state index in [4.69, 9.17) is 9.47 Å². The molecule has 1 aliphatic rings. The maximum Gasteiger partial charge on any atom is 0.142 e. The second kappa shape index (κ2) is 10.7. The molecular weight excluding hydrogens is 366 g/mol. The van der Waals surface area contributed by atoms with E-state index < -0.39 is 0 Å². The second-order valence-electron chi connectivity index (χ2n) is 7.21. The van der Waals surface area contributed by atoms with Crippen molar-refractivity contribution in [3.05, 3.63) is 48.0 Å². The first kappa shape index (κ1) is 21.0. The summed E-state index contributed by atoms with van der Waals surface area (Å²) in [6.07, 6.45) is 2.36. The molecule has 0 bridgehead atoms. The highest BCUT2D eigenvalue weighted by Gasteiger charge is 2.20. The van der Waals surface area contributed by atoms with Crippen molar-refractivity contribution in [1.82, 2.24) is 4.90 Å². The summed E-state index contributed by atoms with van der Waals surface area (Å²) in [5.41, 5.74) is 3.38. The summed E-state index contributed by atoms with van der Waals surface area (Å²) in [5.74, 6) is 1.78. The van der Waals surface area contributed by atoms with Gasteiger partial charge in [-0.2, -0.15) is 0 Å². The molecule has 0 spiro atoms. The molecule has 3 rings (SSSR count). The number of carbonyl (C=O) groups excluding carboxylic acids is 1. The molecule has 2 aromatic carbocycles. The standard InChI is InChI=1S/C23H31N3O3/c1-28-22-8-4-3-7-21(22)26-14-12-25(13-15-26)18-19-9-10-20(23(17-19)29-2)24-11-5-6-16-27/h3-4,7-10,16-17,24H,5-6,11-15,18H2,1-2H3. The van der Waals surface area contributed by atoms with Crippen molar-refractivity contribution in [3.63, 3.8) is 0 Å². The maximum atomic E-state index is 10.4. The Morgan fingerprint density at radius 1 is 1.00 bits per heavy atom. The number of hydrogen-bond donors (Lipinski definition) is 1. The largest absolute Gasteiger partial charge is 0.495 e. The number of methoxy groups -OCH3 is 2. The molecule has 1 N–H and O–H groups in total. The number of rotatable bonds is 10. The van der Waals surface area contributed by atoms with Gasteiger partial charge in [-0.3, -0.25) is 4.90 Å². The quantitative estimate of drug-likeness (QED) is 0.490. The number of nitrogens with one attached hydrogen (secondary N) is 1. The van der Waals surface area contributed by atoms with E-state index in [0.717, 1.165) is 69.2 Å². The van der Waals surface area contributed by atoms with Crippen LogP contribution in [0.15, 0.2) is 42.5 Å². The first-order chi connectivity index (χ1) is 14.2. The minimum absolute atomic E-state index is 0.578. The molecule has 1 fully saturated rings. The van der Waals surface area contributed by atoms with Crippen LogP contribution in [0, 0.1) is 0 Å². The number of piperazine rings is 1. The fourth-order valence-electron chi connectivity index (χ4n) is 3.68. The second-order valence-corrected chi connectivity index (χ2v) is 7.21. The number of ether oxygens (including phenoxy) is 2. The van der Waals surface area contributed by atoms with Gasteiger partial charge in [0, 0.05) is 45.7 Å². The minimum atomic E-state index is 0.578. The van der Waals surface area contributed by atoms with E-state index in [1.165, 1.54) is 11.3 Å². The molecule has 2 aromatic rings. The molecule has 6 nitrogen and oxygen atoms in total. The molecule has 0 radical (unpaired) electrons. The highest BCUT2D eigenvalue weighted by molar-refractivity contribution is 5.59. The highest BCUT2D eigenvalue weighted by Crippen LogP contribution is 2.29. The zero-order chi connectivity index (χ0) is 20.5. The third kappa shape index (κ3) is 5.64. The first-order valence-electron chi connectivity index (χ1n) is 10.2. The molecule has 29 heavy (non-hydrogen) atoms. The van der Waals surface area contributed by atoms with Crippen LogP contribution in [0.4, 0.5) is 11.4 Å². The van der Waals surface area contributed by atoms with Crippen molar-refractivity contribution in [2.24, 2.45) is 0 Å². The van der Waals surface area contributed by atoms with Crippen molar-refractivity contribution in [2.45, 2.75) is 19.4 Å². The zero-order valence-electron chi connectivity index (χ0n) is 17.4. The van der Waals surface area contributed by atoms with Gasteiger partial charge in [-0.05, 0) is 36.2 Å². The van der Waals surface area contributed by atoms with Crippen molar-refractivity contribution >= 4 is 17.7 Å². The van der Waals surface area contributed by atoms with E-state index in [1.807, 2.05) is 12.1 Å². The van der Waals surface area contributed by atoms with Gasteiger partial charge in [0.15, 0.2) is 0 Å². The summed E-state index contributed by atoms with van der Waals surface area (Å²) >= 11 is 0. The topological polar surface area (TPSA) is 54.0 Å². The lowest BCUT2D eigenvalue weighted by Gasteiger charge is -2.36. The Bertz CT molecular complexity index is 789. The fraction of sp³-hybridized carbons (Fsp3) is 0.435. The molecule has 0 aromatic heterocycles. The van der Waals surface area contributed by atoms with Crippen molar-refractivity contribution in [1.29, 1.82) is 0 Å². The average molecular weight is 398 g/mol. The van der Waals surface area contributed by atoms with E-state index in [2.05, 4.69) is 45.4 Å². The van der Waals surface area contributed by atoms with Gasteiger partial charge in [-0.1, -0.05) is 18.2 Å². The molecule has 1 heterocycles. The number of hydrogen-bond acceptors (Lipinski definition) is 6. The highest BCUT2D eigenvalue weighted by atomic mass is 16.5.